The molecule has 2 rings (SSSR count). The quantitative estimate of drug-likeness (QED) is 0.896. The van der Waals surface area contributed by atoms with Gasteiger partial charge in [0.1, 0.15) is 0 Å². The third-order valence-electron chi connectivity index (χ3n) is 4.54. The number of amides is 3. The first kappa shape index (κ1) is 17.3. The van der Waals surface area contributed by atoms with E-state index in [1.54, 1.807) is 4.90 Å². The van der Waals surface area contributed by atoms with Crippen LogP contribution in [0.15, 0.2) is 18.2 Å². The normalized spacial score (nSPS) is 19.3. The summed E-state index contributed by atoms with van der Waals surface area (Å²) in [6.45, 7) is 7.46. The zero-order valence-electron chi connectivity index (χ0n) is 14.3. The van der Waals surface area contributed by atoms with Gasteiger partial charge in [-0.25, -0.2) is 4.79 Å². The van der Waals surface area contributed by atoms with Crippen LogP contribution in [0.5, 0.6) is 0 Å². The Hall–Kier alpha value is -2.04. The van der Waals surface area contributed by atoms with Crippen LogP contribution in [-0.2, 0) is 4.79 Å². The maximum atomic E-state index is 12.5. The molecule has 1 fully saturated rings. The van der Waals surface area contributed by atoms with E-state index >= 15 is 0 Å². The number of carbonyl (C=O) groups is 2. The number of aryl methyl sites for hydroxylation is 2. The van der Waals surface area contributed by atoms with Gasteiger partial charge < -0.3 is 16.0 Å². The predicted molar refractivity (Wildman–Crippen MR) is 91.0 cm³/mol. The fourth-order valence-electron chi connectivity index (χ4n) is 3.28. The van der Waals surface area contributed by atoms with Crippen molar-refractivity contribution in [1.82, 2.24) is 10.2 Å². The van der Waals surface area contributed by atoms with Crippen molar-refractivity contribution in [2.75, 3.05) is 13.1 Å². The lowest BCUT2D eigenvalue weighted by molar-refractivity contribution is -0.119. The van der Waals surface area contributed by atoms with E-state index in [2.05, 4.69) is 37.4 Å². The Labute approximate surface area is 138 Å². The number of nitrogens with two attached hydrogens (primary N) is 1. The molecule has 1 aliphatic rings. The number of likely N-dealkylation sites (tertiary alicyclic amines) is 1. The van der Waals surface area contributed by atoms with Gasteiger partial charge in [0.05, 0.1) is 6.04 Å². The Morgan fingerprint density at radius 2 is 2.13 bits per heavy atom. The van der Waals surface area contributed by atoms with Gasteiger partial charge in [-0.2, -0.15) is 0 Å². The summed E-state index contributed by atoms with van der Waals surface area (Å²) >= 11 is 0. The van der Waals surface area contributed by atoms with E-state index in [4.69, 9.17) is 5.73 Å². The predicted octanol–water partition coefficient (Wildman–Crippen LogP) is 2.66. The van der Waals surface area contributed by atoms with Gasteiger partial charge in [-0.1, -0.05) is 23.8 Å². The molecule has 1 saturated heterocycles. The third-order valence-corrected chi connectivity index (χ3v) is 4.54. The van der Waals surface area contributed by atoms with Crippen LogP contribution in [0.4, 0.5) is 4.79 Å². The van der Waals surface area contributed by atoms with Crippen LogP contribution in [0, 0.1) is 19.8 Å². The van der Waals surface area contributed by atoms with Crippen molar-refractivity contribution in [3.05, 3.63) is 34.9 Å². The molecule has 0 spiro atoms. The second-order valence-corrected chi connectivity index (χ2v) is 6.66. The van der Waals surface area contributed by atoms with E-state index in [-0.39, 0.29) is 23.9 Å². The Morgan fingerprint density at radius 3 is 2.83 bits per heavy atom. The minimum absolute atomic E-state index is 0.0427. The highest BCUT2D eigenvalue weighted by molar-refractivity contribution is 5.76. The van der Waals surface area contributed by atoms with Gasteiger partial charge in [0.15, 0.2) is 0 Å². The molecule has 0 aliphatic carbocycles. The molecule has 0 radical (unpaired) electrons. The molecule has 0 aromatic heterocycles. The minimum atomic E-state index is -0.291. The summed E-state index contributed by atoms with van der Waals surface area (Å²) < 4.78 is 0. The van der Waals surface area contributed by atoms with Gasteiger partial charge >= 0.3 is 6.03 Å². The number of carbonyl (C=O) groups excluding carboxylic acids is 2. The second-order valence-electron chi connectivity index (χ2n) is 6.66. The molecule has 1 aromatic carbocycles. The molecule has 3 N–H and O–H groups in total. The summed E-state index contributed by atoms with van der Waals surface area (Å²) in [6.07, 6.45) is 2.23. The zero-order valence-corrected chi connectivity index (χ0v) is 14.3. The fourth-order valence-corrected chi connectivity index (χ4v) is 3.28. The van der Waals surface area contributed by atoms with Crippen molar-refractivity contribution >= 4 is 11.9 Å². The van der Waals surface area contributed by atoms with Crippen molar-refractivity contribution in [2.45, 2.75) is 46.1 Å². The molecule has 3 amide bonds. The number of nitrogens with zero attached hydrogens (tertiary/aromatic N) is 1. The molecule has 1 aliphatic heterocycles. The SMILES string of the molecule is Cc1ccc(C)c([C@H](C)NC(=O)N2CCC[C@H](CC(N)=O)C2)c1. The number of benzene rings is 1. The van der Waals surface area contributed by atoms with Gasteiger partial charge in [-0.15, -0.1) is 0 Å². The molecular formula is C18H27N3O2. The summed E-state index contributed by atoms with van der Waals surface area (Å²) in [5.74, 6) is -0.107. The van der Waals surface area contributed by atoms with E-state index in [0.717, 1.165) is 24.9 Å². The maximum Gasteiger partial charge on any atom is 0.317 e. The molecule has 23 heavy (non-hydrogen) atoms. The molecule has 5 heteroatoms. The van der Waals surface area contributed by atoms with Crippen molar-refractivity contribution < 1.29 is 9.59 Å². The first-order valence-corrected chi connectivity index (χ1v) is 8.27. The van der Waals surface area contributed by atoms with Crippen LogP contribution in [0.3, 0.4) is 0 Å². The highest BCUT2D eigenvalue weighted by Crippen LogP contribution is 2.22. The standard InChI is InChI=1S/C18H27N3O2/c1-12-6-7-13(2)16(9-12)14(3)20-18(23)21-8-4-5-15(11-21)10-17(19)22/h6-7,9,14-15H,4-5,8,10-11H2,1-3H3,(H2,19,22)(H,20,23)/t14-,15+/m0/s1. The molecule has 2 atom stereocenters. The van der Waals surface area contributed by atoms with Gasteiger partial charge in [0.2, 0.25) is 5.91 Å². The number of rotatable bonds is 4. The van der Waals surface area contributed by atoms with Gasteiger partial charge in [-0.3, -0.25) is 4.79 Å². The molecule has 1 aromatic rings. The molecule has 0 bridgehead atoms. The van der Waals surface area contributed by atoms with Crippen LogP contribution in [0.2, 0.25) is 0 Å². The Bertz CT molecular complexity index is 586. The maximum absolute atomic E-state index is 12.5. The van der Waals surface area contributed by atoms with Gasteiger partial charge in [-0.05, 0) is 50.7 Å². The number of hydrogen-bond donors (Lipinski definition) is 2. The van der Waals surface area contributed by atoms with E-state index in [9.17, 15) is 9.59 Å². The lowest BCUT2D eigenvalue weighted by atomic mass is 9.94. The summed E-state index contributed by atoms with van der Waals surface area (Å²) in [6, 6.07) is 6.17. The van der Waals surface area contributed by atoms with Crippen LogP contribution in [0.1, 0.15) is 48.9 Å². The van der Waals surface area contributed by atoms with Crippen molar-refractivity contribution in [3.8, 4) is 0 Å². The van der Waals surface area contributed by atoms with Crippen LogP contribution in [-0.4, -0.2) is 29.9 Å². The lowest BCUT2D eigenvalue weighted by Gasteiger charge is -2.33. The minimum Gasteiger partial charge on any atom is -0.370 e. The molecule has 5 nitrogen and oxygen atoms in total. The lowest BCUT2D eigenvalue weighted by Crippen LogP contribution is -2.46. The highest BCUT2D eigenvalue weighted by atomic mass is 16.2. The number of primary amides is 1. The van der Waals surface area contributed by atoms with Crippen LogP contribution < -0.4 is 11.1 Å². The Morgan fingerprint density at radius 1 is 1.39 bits per heavy atom. The number of hydrogen-bond acceptors (Lipinski definition) is 2. The number of urea groups is 1. The average molecular weight is 317 g/mol. The third kappa shape index (κ3) is 4.71. The van der Waals surface area contributed by atoms with Crippen molar-refractivity contribution in [1.29, 1.82) is 0 Å². The topological polar surface area (TPSA) is 75.4 Å². The Balaban J connectivity index is 1.97. The van der Waals surface area contributed by atoms with Crippen LogP contribution in [0.25, 0.3) is 0 Å². The van der Waals surface area contributed by atoms with E-state index < -0.39 is 0 Å². The Kier molecular flexibility index (Phi) is 5.64. The fraction of sp³-hybridized carbons (Fsp3) is 0.556. The summed E-state index contributed by atoms with van der Waals surface area (Å²) in [5.41, 5.74) is 8.78. The zero-order chi connectivity index (χ0) is 17.0. The number of nitrogens with one attached hydrogen (secondary N) is 1. The summed E-state index contributed by atoms with van der Waals surface area (Å²) in [5, 5.41) is 3.08. The summed E-state index contributed by atoms with van der Waals surface area (Å²) in [4.78, 5) is 25.4. The molecule has 1 heterocycles. The highest BCUT2D eigenvalue weighted by Gasteiger charge is 2.25. The van der Waals surface area contributed by atoms with Gasteiger partial charge in [0, 0.05) is 19.5 Å². The average Bonchev–Trinajstić information content (AvgIpc) is 2.49. The van der Waals surface area contributed by atoms with E-state index in [0.29, 0.717) is 13.0 Å². The molecule has 0 unspecified atom stereocenters. The smallest absolute Gasteiger partial charge is 0.317 e. The largest absolute Gasteiger partial charge is 0.370 e. The van der Waals surface area contributed by atoms with E-state index in [1.165, 1.54) is 11.1 Å². The first-order valence-electron chi connectivity index (χ1n) is 8.27. The van der Waals surface area contributed by atoms with Crippen molar-refractivity contribution in [3.63, 3.8) is 0 Å². The van der Waals surface area contributed by atoms with Gasteiger partial charge in [0.25, 0.3) is 0 Å². The van der Waals surface area contributed by atoms with E-state index in [1.807, 2.05) is 6.92 Å². The van der Waals surface area contributed by atoms with Crippen molar-refractivity contribution in [2.24, 2.45) is 11.7 Å². The molecule has 0 saturated carbocycles. The van der Waals surface area contributed by atoms with Crippen LogP contribution >= 0.6 is 0 Å². The molecule has 126 valence electrons. The second kappa shape index (κ2) is 7.49. The number of piperidine rings is 1. The summed E-state index contributed by atoms with van der Waals surface area (Å²) in [7, 11) is 0. The monoisotopic (exact) mass is 317 g/mol. The first-order chi connectivity index (χ1) is 10.9. The molecular weight excluding hydrogens is 290 g/mol.